The predicted octanol–water partition coefficient (Wildman–Crippen LogP) is 3.05. The lowest BCUT2D eigenvalue weighted by molar-refractivity contribution is 0.410. The van der Waals surface area contributed by atoms with Crippen LogP contribution >= 0.6 is 11.6 Å². The highest BCUT2D eigenvalue weighted by atomic mass is 35.5. The quantitative estimate of drug-likeness (QED) is 0.743. The predicted molar refractivity (Wildman–Crippen MR) is 74.0 cm³/mol. The van der Waals surface area contributed by atoms with Gasteiger partial charge < -0.3 is 10.6 Å². The first-order valence-corrected chi connectivity index (χ1v) is 6.54. The smallest absolute Gasteiger partial charge is 0.0360 e. The molecule has 3 heteroatoms. The van der Waals surface area contributed by atoms with Gasteiger partial charge >= 0.3 is 0 Å². The van der Waals surface area contributed by atoms with Crippen LogP contribution in [0.4, 0.5) is 0 Å². The monoisotopic (exact) mass is 244 g/mol. The van der Waals surface area contributed by atoms with E-state index in [1.54, 1.807) is 6.08 Å². The lowest BCUT2D eigenvalue weighted by Gasteiger charge is -2.22. The summed E-state index contributed by atoms with van der Waals surface area (Å²) < 4.78 is 0. The molecule has 1 atom stereocenters. The van der Waals surface area contributed by atoms with Gasteiger partial charge in [0.15, 0.2) is 0 Å². The molecule has 0 bridgehead atoms. The summed E-state index contributed by atoms with van der Waals surface area (Å²) in [5.74, 6) is 0. The number of piperazine rings is 1. The molecule has 1 saturated heterocycles. The molecule has 0 aromatic rings. The maximum absolute atomic E-state index is 5.59. The summed E-state index contributed by atoms with van der Waals surface area (Å²) in [4.78, 5) is 0. The van der Waals surface area contributed by atoms with Gasteiger partial charge in [0.2, 0.25) is 0 Å². The molecule has 0 saturated carbocycles. The molecule has 1 aliphatic rings. The molecule has 1 aliphatic heterocycles. The van der Waals surface area contributed by atoms with E-state index in [2.05, 4.69) is 31.1 Å². The number of nitrogens with one attached hydrogen (secondary N) is 2. The molecule has 0 radical (unpaired) electrons. The van der Waals surface area contributed by atoms with E-state index >= 15 is 0 Å². The Morgan fingerprint density at radius 3 is 2.56 bits per heavy atom. The highest BCUT2D eigenvalue weighted by Crippen LogP contribution is 2.03. The average Bonchev–Trinajstić information content (AvgIpc) is 2.37. The standard InChI is InChI=1S/C7H11Cl.C6H14N2/c1-3-5-6-7(8)4-2;1-2-6-5-7-3-4-8-6/h4,6H,2-3,5H2,1H3;6-8H,2-5H2,1H3/b7-6+;. The molecule has 0 aliphatic carbocycles. The van der Waals surface area contributed by atoms with Crippen molar-refractivity contribution < 1.29 is 0 Å². The Balaban J connectivity index is 0.000000281. The molecule has 16 heavy (non-hydrogen) atoms. The number of allylic oxidation sites excluding steroid dienone is 3. The van der Waals surface area contributed by atoms with Gasteiger partial charge in [-0.1, -0.05) is 50.6 Å². The van der Waals surface area contributed by atoms with Gasteiger partial charge in [-0.15, -0.1) is 0 Å². The van der Waals surface area contributed by atoms with Gasteiger partial charge in [0.25, 0.3) is 0 Å². The van der Waals surface area contributed by atoms with Crippen LogP contribution in [0.3, 0.4) is 0 Å². The Kier molecular flexibility index (Phi) is 11.0. The summed E-state index contributed by atoms with van der Waals surface area (Å²) in [5.41, 5.74) is 0. The van der Waals surface area contributed by atoms with E-state index in [4.69, 9.17) is 11.6 Å². The summed E-state index contributed by atoms with van der Waals surface area (Å²) in [6.07, 6.45) is 7.05. The van der Waals surface area contributed by atoms with Crippen LogP contribution < -0.4 is 10.6 Å². The molecule has 0 aromatic carbocycles. The maximum atomic E-state index is 5.59. The Morgan fingerprint density at radius 2 is 2.19 bits per heavy atom. The molecule has 1 unspecified atom stereocenters. The van der Waals surface area contributed by atoms with Crippen LogP contribution in [0.1, 0.15) is 33.1 Å². The maximum Gasteiger partial charge on any atom is 0.0360 e. The molecule has 1 fully saturated rings. The highest BCUT2D eigenvalue weighted by molar-refractivity contribution is 6.31. The zero-order chi connectivity index (χ0) is 12.2. The van der Waals surface area contributed by atoms with Crippen molar-refractivity contribution in [3.8, 4) is 0 Å². The molecule has 94 valence electrons. The third-order valence-corrected chi connectivity index (χ3v) is 2.75. The van der Waals surface area contributed by atoms with Crippen LogP contribution in [-0.4, -0.2) is 25.7 Å². The number of rotatable bonds is 4. The van der Waals surface area contributed by atoms with Gasteiger partial charge in [-0.25, -0.2) is 0 Å². The Labute approximate surface area is 105 Å². The molecular formula is C13H25ClN2. The third-order valence-electron chi connectivity index (χ3n) is 2.44. The van der Waals surface area contributed by atoms with Crippen molar-refractivity contribution in [2.24, 2.45) is 0 Å². The van der Waals surface area contributed by atoms with Crippen molar-refractivity contribution in [1.29, 1.82) is 0 Å². The highest BCUT2D eigenvalue weighted by Gasteiger charge is 2.07. The topological polar surface area (TPSA) is 24.1 Å². The molecule has 1 heterocycles. The van der Waals surface area contributed by atoms with Gasteiger partial charge in [-0.2, -0.15) is 0 Å². The second kappa shape index (κ2) is 11.2. The van der Waals surface area contributed by atoms with Crippen LogP contribution in [0.5, 0.6) is 0 Å². The van der Waals surface area contributed by atoms with Crippen LogP contribution in [0.25, 0.3) is 0 Å². The first-order valence-electron chi connectivity index (χ1n) is 6.16. The Morgan fingerprint density at radius 1 is 1.44 bits per heavy atom. The summed E-state index contributed by atoms with van der Waals surface area (Å²) in [5, 5.41) is 7.49. The van der Waals surface area contributed by atoms with E-state index in [1.165, 1.54) is 6.42 Å². The van der Waals surface area contributed by atoms with E-state index in [0.717, 1.165) is 43.6 Å². The van der Waals surface area contributed by atoms with E-state index in [9.17, 15) is 0 Å². The fourth-order valence-electron chi connectivity index (χ4n) is 1.37. The van der Waals surface area contributed by atoms with Crippen molar-refractivity contribution in [2.45, 2.75) is 39.2 Å². The van der Waals surface area contributed by atoms with E-state index in [1.807, 2.05) is 6.08 Å². The van der Waals surface area contributed by atoms with Gasteiger partial charge in [0, 0.05) is 30.7 Å². The minimum atomic E-state index is 0.726. The van der Waals surface area contributed by atoms with Gasteiger partial charge in [-0.05, 0) is 12.8 Å². The molecule has 1 rings (SSSR count). The van der Waals surface area contributed by atoms with E-state index < -0.39 is 0 Å². The fraction of sp³-hybridized carbons (Fsp3) is 0.692. The Hall–Kier alpha value is -0.310. The first-order chi connectivity index (χ1) is 7.74. The molecular weight excluding hydrogens is 220 g/mol. The van der Waals surface area contributed by atoms with Crippen molar-refractivity contribution in [2.75, 3.05) is 19.6 Å². The summed E-state index contributed by atoms with van der Waals surface area (Å²) >= 11 is 5.59. The number of hydrogen-bond acceptors (Lipinski definition) is 2. The SMILES string of the molecule is C=C/C(Cl)=C\CCC.CCC1CNCCN1. The van der Waals surface area contributed by atoms with E-state index in [0.29, 0.717) is 0 Å². The first kappa shape index (κ1) is 15.7. The van der Waals surface area contributed by atoms with Gasteiger partial charge in [-0.3, -0.25) is 0 Å². The normalized spacial score (nSPS) is 20.9. The minimum Gasteiger partial charge on any atom is -0.314 e. The zero-order valence-corrected chi connectivity index (χ0v) is 11.3. The summed E-state index contributed by atoms with van der Waals surface area (Å²) in [6.45, 7) is 11.3. The number of unbranched alkanes of at least 4 members (excludes halogenated alkanes) is 1. The van der Waals surface area contributed by atoms with E-state index in [-0.39, 0.29) is 0 Å². The minimum absolute atomic E-state index is 0.726. The molecule has 0 amide bonds. The zero-order valence-electron chi connectivity index (χ0n) is 10.6. The van der Waals surface area contributed by atoms with Gasteiger partial charge in [0.1, 0.15) is 0 Å². The van der Waals surface area contributed by atoms with Crippen LogP contribution in [0.2, 0.25) is 0 Å². The summed E-state index contributed by atoms with van der Waals surface area (Å²) in [6, 6.07) is 0.726. The van der Waals surface area contributed by atoms with Crippen molar-refractivity contribution >= 4 is 11.6 Å². The Bertz CT molecular complexity index is 196. The molecule has 0 aromatic heterocycles. The van der Waals surface area contributed by atoms with Crippen LogP contribution in [-0.2, 0) is 0 Å². The second-order valence-corrected chi connectivity index (χ2v) is 4.28. The van der Waals surface area contributed by atoms with Gasteiger partial charge in [0.05, 0.1) is 0 Å². The molecule has 0 spiro atoms. The largest absolute Gasteiger partial charge is 0.314 e. The van der Waals surface area contributed by atoms with Crippen molar-refractivity contribution in [1.82, 2.24) is 10.6 Å². The van der Waals surface area contributed by atoms with Crippen molar-refractivity contribution in [3.05, 3.63) is 23.8 Å². The second-order valence-electron chi connectivity index (χ2n) is 3.85. The van der Waals surface area contributed by atoms with Crippen LogP contribution in [0, 0.1) is 0 Å². The number of halogens is 1. The van der Waals surface area contributed by atoms with Crippen LogP contribution in [0.15, 0.2) is 23.8 Å². The average molecular weight is 245 g/mol. The third kappa shape index (κ3) is 8.96. The summed E-state index contributed by atoms with van der Waals surface area (Å²) in [7, 11) is 0. The lowest BCUT2D eigenvalue weighted by Crippen LogP contribution is -2.47. The fourth-order valence-corrected chi connectivity index (χ4v) is 1.48. The molecule has 2 N–H and O–H groups in total. The van der Waals surface area contributed by atoms with Crippen molar-refractivity contribution in [3.63, 3.8) is 0 Å². The lowest BCUT2D eigenvalue weighted by atomic mass is 10.2. The molecule has 2 nitrogen and oxygen atoms in total. The number of hydrogen-bond donors (Lipinski definition) is 2.